The van der Waals surface area contributed by atoms with E-state index in [1.807, 2.05) is 5.32 Å². The van der Waals surface area contributed by atoms with Crippen LogP contribution in [0, 0.1) is 17.0 Å². The number of nitro benzene ring substituents is 1. The van der Waals surface area contributed by atoms with Crippen molar-refractivity contribution in [2.24, 2.45) is 0 Å². The van der Waals surface area contributed by atoms with Crippen molar-refractivity contribution in [1.82, 2.24) is 5.32 Å². The van der Waals surface area contributed by atoms with E-state index in [2.05, 4.69) is 5.32 Å². The van der Waals surface area contributed by atoms with Gasteiger partial charge in [0.25, 0.3) is 5.69 Å². The lowest BCUT2D eigenvalue weighted by molar-refractivity contribution is -0.385. The second kappa shape index (κ2) is 5.97. The summed E-state index contributed by atoms with van der Waals surface area (Å²) in [6.45, 7) is 1.58. The zero-order chi connectivity index (χ0) is 13.7. The Balaban J connectivity index is 2.79. The maximum absolute atomic E-state index is 11.3. The summed E-state index contributed by atoms with van der Waals surface area (Å²) in [5.74, 6) is -1.00. The predicted molar refractivity (Wildman–Crippen MR) is 65.7 cm³/mol. The molecule has 0 atom stereocenters. The summed E-state index contributed by atoms with van der Waals surface area (Å²) in [5, 5.41) is 14.9. The van der Waals surface area contributed by atoms with Gasteiger partial charge < -0.3 is 5.32 Å². The molecule has 0 fully saturated rings. The summed E-state index contributed by atoms with van der Waals surface area (Å²) in [4.78, 5) is 32.2. The number of carbonyl (C=O) groups excluding carboxylic acids is 2. The van der Waals surface area contributed by atoms with Crippen molar-refractivity contribution in [2.75, 3.05) is 11.2 Å². The van der Waals surface area contributed by atoms with E-state index < -0.39 is 16.9 Å². The molecule has 0 spiro atoms. The fourth-order valence-electron chi connectivity index (χ4n) is 1.21. The molecule has 0 heterocycles. The molecule has 0 aliphatic carbocycles. The molecule has 96 valence electrons. The zero-order valence-corrected chi connectivity index (χ0v) is 10.2. The Bertz CT molecular complexity index is 504. The average molecular weight is 272 g/mol. The lowest BCUT2D eigenvalue weighted by atomic mass is 10.2. The van der Waals surface area contributed by atoms with E-state index >= 15 is 0 Å². The zero-order valence-electron chi connectivity index (χ0n) is 9.40. The van der Waals surface area contributed by atoms with E-state index in [1.165, 1.54) is 18.2 Å². The number of rotatable bonds is 3. The first-order chi connectivity index (χ1) is 8.43. The molecule has 1 aromatic rings. The minimum absolute atomic E-state index is 0.114. The van der Waals surface area contributed by atoms with Gasteiger partial charge in [-0.2, -0.15) is 0 Å². The van der Waals surface area contributed by atoms with Gasteiger partial charge in [-0.1, -0.05) is 6.07 Å². The van der Waals surface area contributed by atoms with Crippen LogP contribution in [0.15, 0.2) is 18.2 Å². The topological polar surface area (TPSA) is 101 Å². The van der Waals surface area contributed by atoms with Crippen LogP contribution < -0.4 is 10.6 Å². The minimum Gasteiger partial charge on any atom is -0.307 e. The highest BCUT2D eigenvalue weighted by molar-refractivity contribution is 6.28. The van der Waals surface area contributed by atoms with E-state index in [4.69, 9.17) is 11.6 Å². The van der Waals surface area contributed by atoms with Crippen LogP contribution >= 0.6 is 11.6 Å². The fourth-order valence-corrected chi connectivity index (χ4v) is 1.27. The van der Waals surface area contributed by atoms with Gasteiger partial charge in [-0.3, -0.25) is 20.2 Å². The molecule has 0 radical (unpaired) electrons. The maximum atomic E-state index is 11.3. The number of nitrogens with zero attached hydrogens (tertiary/aromatic N) is 1. The first-order valence-corrected chi connectivity index (χ1v) is 5.39. The third-order valence-corrected chi connectivity index (χ3v) is 2.28. The Kier molecular flexibility index (Phi) is 4.61. The quantitative estimate of drug-likeness (QED) is 0.497. The molecule has 8 heteroatoms. The second-order valence-electron chi connectivity index (χ2n) is 3.39. The fraction of sp³-hybridized carbons (Fsp3) is 0.200. The van der Waals surface area contributed by atoms with Gasteiger partial charge in [0, 0.05) is 17.3 Å². The Morgan fingerprint density at radius 1 is 1.44 bits per heavy atom. The average Bonchev–Trinajstić information content (AvgIpc) is 2.31. The molecule has 2 N–H and O–H groups in total. The van der Waals surface area contributed by atoms with Crippen LogP contribution in [0.2, 0.25) is 0 Å². The molecular weight excluding hydrogens is 262 g/mol. The number of amides is 3. The third kappa shape index (κ3) is 3.70. The van der Waals surface area contributed by atoms with Crippen molar-refractivity contribution in [3.05, 3.63) is 33.9 Å². The van der Waals surface area contributed by atoms with Crippen molar-refractivity contribution < 1.29 is 14.5 Å². The van der Waals surface area contributed by atoms with Crippen LogP contribution in [0.5, 0.6) is 0 Å². The van der Waals surface area contributed by atoms with Crippen LogP contribution in [-0.4, -0.2) is 22.7 Å². The predicted octanol–water partition coefficient (Wildman–Crippen LogP) is 1.79. The van der Waals surface area contributed by atoms with Gasteiger partial charge in [-0.25, -0.2) is 4.79 Å². The number of nitro groups is 1. The largest absolute Gasteiger partial charge is 0.325 e. The van der Waals surface area contributed by atoms with E-state index in [9.17, 15) is 19.7 Å². The summed E-state index contributed by atoms with van der Waals surface area (Å²) in [6.07, 6.45) is 0. The van der Waals surface area contributed by atoms with Crippen molar-refractivity contribution in [1.29, 1.82) is 0 Å². The Morgan fingerprint density at radius 2 is 2.11 bits per heavy atom. The van der Waals surface area contributed by atoms with Crippen LogP contribution in [0.3, 0.4) is 0 Å². The first kappa shape index (κ1) is 13.9. The Morgan fingerprint density at radius 3 is 2.67 bits per heavy atom. The SMILES string of the molecule is Cc1ccc(NC(=O)NC(=O)CCl)cc1[N+](=O)[O-]. The second-order valence-corrected chi connectivity index (χ2v) is 3.66. The minimum atomic E-state index is -0.793. The van der Waals surface area contributed by atoms with Gasteiger partial charge in [0.05, 0.1) is 4.92 Å². The number of aryl methyl sites for hydroxylation is 1. The van der Waals surface area contributed by atoms with Crippen LogP contribution in [0.1, 0.15) is 5.56 Å². The van der Waals surface area contributed by atoms with Gasteiger partial charge >= 0.3 is 6.03 Å². The number of halogens is 1. The van der Waals surface area contributed by atoms with Crippen molar-refractivity contribution in [3.63, 3.8) is 0 Å². The molecule has 7 nitrogen and oxygen atoms in total. The smallest absolute Gasteiger partial charge is 0.307 e. The molecule has 0 saturated heterocycles. The summed E-state index contributed by atoms with van der Waals surface area (Å²) in [7, 11) is 0. The molecule has 0 aliphatic rings. The van der Waals surface area contributed by atoms with E-state index in [1.54, 1.807) is 6.92 Å². The molecule has 0 aliphatic heterocycles. The highest BCUT2D eigenvalue weighted by Crippen LogP contribution is 2.22. The number of imide groups is 1. The van der Waals surface area contributed by atoms with Crippen LogP contribution in [0.25, 0.3) is 0 Å². The highest BCUT2D eigenvalue weighted by atomic mass is 35.5. The standard InChI is InChI=1S/C10H10ClN3O4/c1-6-2-3-7(4-8(6)14(17)18)12-10(16)13-9(15)5-11/h2-4H,5H2,1H3,(H2,12,13,15,16). The van der Waals surface area contributed by atoms with Gasteiger partial charge in [0.15, 0.2) is 0 Å². The normalized spacial score (nSPS) is 9.67. The molecular formula is C10H10ClN3O4. The molecule has 0 unspecified atom stereocenters. The number of alkyl halides is 1. The van der Waals surface area contributed by atoms with Crippen LogP contribution in [0.4, 0.5) is 16.2 Å². The summed E-state index contributed by atoms with van der Waals surface area (Å²) in [6, 6.07) is 3.41. The van der Waals surface area contributed by atoms with Crippen molar-refractivity contribution >= 4 is 34.9 Å². The van der Waals surface area contributed by atoms with Gasteiger partial charge in [0.1, 0.15) is 5.88 Å². The van der Waals surface area contributed by atoms with Gasteiger partial charge in [0.2, 0.25) is 5.91 Å². The lowest BCUT2D eigenvalue weighted by Crippen LogP contribution is -2.35. The third-order valence-electron chi connectivity index (χ3n) is 2.04. The molecule has 3 amide bonds. The van der Waals surface area contributed by atoms with Gasteiger partial charge in [-0.15, -0.1) is 11.6 Å². The molecule has 0 aromatic heterocycles. The summed E-state index contributed by atoms with van der Waals surface area (Å²) in [5.41, 5.74) is 0.575. The maximum Gasteiger partial charge on any atom is 0.325 e. The molecule has 0 saturated carbocycles. The highest BCUT2D eigenvalue weighted by Gasteiger charge is 2.13. The summed E-state index contributed by atoms with van der Waals surface area (Å²) >= 11 is 5.21. The van der Waals surface area contributed by atoms with E-state index in [0.29, 0.717) is 5.56 Å². The van der Waals surface area contributed by atoms with Crippen LogP contribution in [-0.2, 0) is 4.79 Å². The number of nitrogens with one attached hydrogen (secondary N) is 2. The number of hydrogen-bond donors (Lipinski definition) is 2. The molecule has 1 aromatic carbocycles. The van der Waals surface area contributed by atoms with Crippen molar-refractivity contribution in [2.45, 2.75) is 6.92 Å². The first-order valence-electron chi connectivity index (χ1n) is 4.86. The summed E-state index contributed by atoms with van der Waals surface area (Å²) < 4.78 is 0. The number of anilines is 1. The Labute approximate surface area is 107 Å². The van der Waals surface area contributed by atoms with E-state index in [0.717, 1.165) is 0 Å². The van der Waals surface area contributed by atoms with Crippen molar-refractivity contribution in [3.8, 4) is 0 Å². The van der Waals surface area contributed by atoms with E-state index in [-0.39, 0.29) is 17.3 Å². The van der Waals surface area contributed by atoms with Gasteiger partial charge in [-0.05, 0) is 13.0 Å². The Hall–Kier alpha value is -2.15. The lowest BCUT2D eigenvalue weighted by Gasteiger charge is -2.06. The molecule has 18 heavy (non-hydrogen) atoms. The number of hydrogen-bond acceptors (Lipinski definition) is 4. The number of carbonyl (C=O) groups is 2. The molecule has 1 rings (SSSR count). The monoisotopic (exact) mass is 271 g/mol. The number of benzene rings is 1. The molecule has 0 bridgehead atoms. The number of urea groups is 1.